The van der Waals surface area contributed by atoms with Crippen LogP contribution in [0, 0.1) is 0 Å². The Morgan fingerprint density at radius 1 is 0.958 bits per heavy atom. The van der Waals surface area contributed by atoms with E-state index in [4.69, 9.17) is 0 Å². The average molecular weight is 385 g/mol. The molecule has 1 amide bonds. The van der Waals surface area contributed by atoms with Crippen molar-refractivity contribution in [2.45, 2.75) is 19.3 Å². The topological polar surface area (TPSA) is 32.3 Å². The first-order valence-corrected chi connectivity index (χ1v) is 9.10. The molecule has 124 valence electrons. The molecule has 2 aromatic rings. The standard InChI is InChI=1S/C20H21BrN2O/c21-19(15-16-7-3-1-4-8-16)20(24)22-17-9-11-18(12-10-17)23-13-5-2-6-14-23/h1,3-4,7-12,15H,2,5-6,13-14H2,(H,22,24). The van der Waals surface area contributed by atoms with E-state index in [1.54, 1.807) is 0 Å². The van der Waals surface area contributed by atoms with E-state index in [0.717, 1.165) is 24.3 Å². The molecule has 3 nitrogen and oxygen atoms in total. The predicted molar refractivity (Wildman–Crippen MR) is 104 cm³/mol. The molecule has 24 heavy (non-hydrogen) atoms. The first-order valence-electron chi connectivity index (χ1n) is 8.31. The van der Waals surface area contributed by atoms with Gasteiger partial charge in [-0.25, -0.2) is 0 Å². The number of rotatable bonds is 4. The number of piperidine rings is 1. The van der Waals surface area contributed by atoms with Gasteiger partial charge in [0.25, 0.3) is 5.91 Å². The molecule has 0 aromatic heterocycles. The SMILES string of the molecule is O=C(Nc1ccc(N2CCCCC2)cc1)C(Br)=Cc1ccccc1. The molecule has 4 heteroatoms. The maximum atomic E-state index is 12.3. The van der Waals surface area contributed by atoms with E-state index < -0.39 is 0 Å². The highest BCUT2D eigenvalue weighted by atomic mass is 79.9. The van der Waals surface area contributed by atoms with Gasteiger partial charge in [0.15, 0.2) is 0 Å². The van der Waals surface area contributed by atoms with Crippen molar-refractivity contribution >= 4 is 39.3 Å². The first kappa shape index (κ1) is 16.8. The van der Waals surface area contributed by atoms with Crippen molar-refractivity contribution in [3.8, 4) is 0 Å². The Hall–Kier alpha value is -2.07. The third-order valence-corrected chi connectivity index (χ3v) is 4.75. The van der Waals surface area contributed by atoms with Gasteiger partial charge in [-0.15, -0.1) is 0 Å². The Kier molecular flexibility index (Phi) is 5.70. The highest BCUT2D eigenvalue weighted by molar-refractivity contribution is 9.12. The summed E-state index contributed by atoms with van der Waals surface area (Å²) in [6.45, 7) is 2.24. The lowest BCUT2D eigenvalue weighted by Gasteiger charge is -2.28. The first-order chi connectivity index (χ1) is 11.7. The Morgan fingerprint density at radius 2 is 1.62 bits per heavy atom. The molecular weight excluding hydrogens is 364 g/mol. The third kappa shape index (κ3) is 4.48. The number of nitrogens with one attached hydrogen (secondary N) is 1. The van der Waals surface area contributed by atoms with E-state index in [2.05, 4.69) is 38.3 Å². The summed E-state index contributed by atoms with van der Waals surface area (Å²) in [6, 6.07) is 17.9. The van der Waals surface area contributed by atoms with Gasteiger partial charge in [0.05, 0.1) is 4.48 Å². The van der Waals surface area contributed by atoms with Gasteiger partial charge in [0.2, 0.25) is 0 Å². The van der Waals surface area contributed by atoms with Crippen LogP contribution < -0.4 is 10.2 Å². The van der Waals surface area contributed by atoms with E-state index in [-0.39, 0.29) is 5.91 Å². The van der Waals surface area contributed by atoms with Crippen molar-refractivity contribution in [3.63, 3.8) is 0 Å². The van der Waals surface area contributed by atoms with Crippen molar-refractivity contribution in [1.82, 2.24) is 0 Å². The molecule has 1 N–H and O–H groups in total. The predicted octanol–water partition coefficient (Wildman–Crippen LogP) is 5.05. The van der Waals surface area contributed by atoms with Crippen LogP contribution in [0.3, 0.4) is 0 Å². The Labute approximate surface area is 151 Å². The van der Waals surface area contributed by atoms with Crippen LogP contribution in [0.1, 0.15) is 24.8 Å². The number of halogens is 1. The Bertz CT molecular complexity index is 704. The van der Waals surface area contributed by atoms with Crippen LogP contribution in [0.4, 0.5) is 11.4 Å². The van der Waals surface area contributed by atoms with Crippen molar-refractivity contribution in [3.05, 3.63) is 64.6 Å². The van der Waals surface area contributed by atoms with Gasteiger partial charge in [-0.05, 0) is 71.1 Å². The highest BCUT2D eigenvalue weighted by Crippen LogP contribution is 2.22. The van der Waals surface area contributed by atoms with Gasteiger partial charge in [-0.2, -0.15) is 0 Å². The second-order valence-electron chi connectivity index (χ2n) is 5.95. The number of nitrogens with zero attached hydrogens (tertiary/aromatic N) is 1. The van der Waals surface area contributed by atoms with Gasteiger partial charge in [0, 0.05) is 24.5 Å². The molecule has 0 atom stereocenters. The molecule has 1 aliphatic heterocycles. The van der Waals surface area contributed by atoms with Crippen molar-refractivity contribution < 1.29 is 4.79 Å². The monoisotopic (exact) mass is 384 g/mol. The summed E-state index contributed by atoms with van der Waals surface area (Å²) in [7, 11) is 0. The van der Waals surface area contributed by atoms with E-state index in [0.29, 0.717) is 4.48 Å². The van der Waals surface area contributed by atoms with Crippen molar-refractivity contribution in [2.24, 2.45) is 0 Å². The summed E-state index contributed by atoms with van der Waals surface area (Å²) in [5, 5.41) is 2.92. The molecule has 0 aliphatic carbocycles. The van der Waals surface area contributed by atoms with Gasteiger partial charge >= 0.3 is 0 Å². The number of hydrogen-bond donors (Lipinski definition) is 1. The minimum Gasteiger partial charge on any atom is -0.372 e. The Balaban J connectivity index is 1.63. The fourth-order valence-corrected chi connectivity index (χ4v) is 3.22. The molecule has 1 fully saturated rings. The second-order valence-corrected chi connectivity index (χ2v) is 6.81. The normalized spacial score (nSPS) is 15.2. The van der Waals surface area contributed by atoms with Gasteiger partial charge in [0.1, 0.15) is 0 Å². The van der Waals surface area contributed by atoms with Crippen LogP contribution in [0.5, 0.6) is 0 Å². The minimum atomic E-state index is -0.149. The van der Waals surface area contributed by atoms with E-state index in [1.165, 1.54) is 24.9 Å². The lowest BCUT2D eigenvalue weighted by molar-refractivity contribution is -0.112. The van der Waals surface area contributed by atoms with Crippen molar-refractivity contribution in [1.29, 1.82) is 0 Å². The van der Waals surface area contributed by atoms with Crippen molar-refractivity contribution in [2.75, 3.05) is 23.3 Å². The summed E-state index contributed by atoms with van der Waals surface area (Å²) in [6.07, 6.45) is 5.66. The zero-order valence-corrected chi connectivity index (χ0v) is 15.1. The molecule has 0 radical (unpaired) electrons. The third-order valence-electron chi connectivity index (χ3n) is 4.16. The minimum absolute atomic E-state index is 0.149. The maximum absolute atomic E-state index is 12.3. The van der Waals surface area contributed by atoms with Crippen LogP contribution in [0.15, 0.2) is 59.1 Å². The number of anilines is 2. The maximum Gasteiger partial charge on any atom is 0.262 e. The summed E-state index contributed by atoms with van der Waals surface area (Å²) in [5.41, 5.74) is 3.02. The van der Waals surface area contributed by atoms with Gasteiger partial charge in [-0.3, -0.25) is 4.79 Å². The molecular formula is C20H21BrN2O. The fraction of sp³-hybridized carbons (Fsp3) is 0.250. The molecule has 0 saturated carbocycles. The van der Waals surface area contributed by atoms with Crippen LogP contribution in [-0.4, -0.2) is 19.0 Å². The van der Waals surface area contributed by atoms with Gasteiger partial charge in [-0.1, -0.05) is 30.3 Å². The number of amides is 1. The summed E-state index contributed by atoms with van der Waals surface area (Å²) >= 11 is 3.36. The number of benzene rings is 2. The lowest BCUT2D eigenvalue weighted by atomic mass is 10.1. The zero-order chi connectivity index (χ0) is 16.8. The van der Waals surface area contributed by atoms with E-state index in [9.17, 15) is 4.79 Å². The largest absolute Gasteiger partial charge is 0.372 e. The van der Waals surface area contributed by atoms with Crippen LogP contribution in [0.25, 0.3) is 6.08 Å². The summed E-state index contributed by atoms with van der Waals surface area (Å²) in [5.74, 6) is -0.149. The van der Waals surface area contributed by atoms with E-state index in [1.807, 2.05) is 48.5 Å². The highest BCUT2D eigenvalue weighted by Gasteiger charge is 2.11. The molecule has 2 aromatic carbocycles. The van der Waals surface area contributed by atoms with Crippen LogP contribution in [0.2, 0.25) is 0 Å². The zero-order valence-electron chi connectivity index (χ0n) is 13.5. The molecule has 1 saturated heterocycles. The molecule has 0 unspecified atom stereocenters. The molecule has 1 aliphatic rings. The van der Waals surface area contributed by atoms with Gasteiger partial charge < -0.3 is 10.2 Å². The fourth-order valence-electron chi connectivity index (χ4n) is 2.86. The molecule has 0 bridgehead atoms. The average Bonchev–Trinajstić information content (AvgIpc) is 2.64. The molecule has 0 spiro atoms. The Morgan fingerprint density at radius 3 is 2.29 bits per heavy atom. The number of carbonyl (C=O) groups excluding carboxylic acids is 1. The number of hydrogen-bond acceptors (Lipinski definition) is 2. The van der Waals surface area contributed by atoms with E-state index >= 15 is 0 Å². The molecule has 1 heterocycles. The second kappa shape index (κ2) is 8.15. The smallest absolute Gasteiger partial charge is 0.262 e. The number of carbonyl (C=O) groups is 1. The van der Waals surface area contributed by atoms with Crippen LogP contribution in [-0.2, 0) is 4.79 Å². The quantitative estimate of drug-likeness (QED) is 0.747. The lowest BCUT2D eigenvalue weighted by Crippen LogP contribution is -2.29. The summed E-state index contributed by atoms with van der Waals surface area (Å²) < 4.78 is 0.508. The summed E-state index contributed by atoms with van der Waals surface area (Å²) in [4.78, 5) is 14.7. The van der Waals surface area contributed by atoms with Crippen LogP contribution >= 0.6 is 15.9 Å². The molecule has 3 rings (SSSR count).